The molecule has 0 aromatic carbocycles. The summed E-state index contributed by atoms with van der Waals surface area (Å²) in [5.74, 6) is 0.306. The van der Waals surface area contributed by atoms with Crippen LogP contribution in [0.3, 0.4) is 0 Å². The maximum atomic E-state index is 11.7. The zero-order valence-electron chi connectivity index (χ0n) is 12.4. The molecular weight excluding hydrogens is 257 g/mol. The molecule has 20 heavy (non-hydrogen) atoms. The van der Waals surface area contributed by atoms with Crippen LogP contribution >= 0.6 is 0 Å². The lowest BCUT2D eigenvalue weighted by molar-refractivity contribution is 0.00578. The van der Waals surface area contributed by atoms with E-state index in [0.717, 1.165) is 11.2 Å². The molecule has 0 spiro atoms. The zero-order valence-corrected chi connectivity index (χ0v) is 12.4. The first-order chi connectivity index (χ1) is 9.30. The molecule has 0 bridgehead atoms. The quantitative estimate of drug-likeness (QED) is 0.812. The van der Waals surface area contributed by atoms with Crippen molar-refractivity contribution in [1.29, 1.82) is 0 Å². The first-order valence-corrected chi connectivity index (χ1v) is 6.97. The van der Waals surface area contributed by atoms with Crippen LogP contribution in [0.15, 0.2) is 16.9 Å². The lowest BCUT2D eigenvalue weighted by Gasteiger charge is -2.32. The summed E-state index contributed by atoms with van der Waals surface area (Å²) in [6, 6.07) is 3.40. The van der Waals surface area contributed by atoms with Crippen LogP contribution in [0.25, 0.3) is 0 Å². The highest BCUT2D eigenvalue weighted by atomic mass is 16.7. The summed E-state index contributed by atoms with van der Waals surface area (Å²) in [6.45, 7) is 9.36. The minimum Gasteiger partial charge on any atom is -0.398 e. The summed E-state index contributed by atoms with van der Waals surface area (Å²) in [5, 5.41) is 0. The molecule has 0 radical (unpaired) electrons. The van der Waals surface area contributed by atoms with Gasteiger partial charge in [-0.25, -0.2) is 0 Å². The Bertz CT molecular complexity index is 561. The van der Waals surface area contributed by atoms with Gasteiger partial charge >= 0.3 is 7.12 Å². The molecule has 0 saturated carbocycles. The molecule has 6 heteroatoms. The predicted octanol–water partition coefficient (Wildman–Crippen LogP) is 0.788. The summed E-state index contributed by atoms with van der Waals surface area (Å²) < 4.78 is 17.3. The highest BCUT2D eigenvalue weighted by Gasteiger charge is 2.53. The molecule has 1 aromatic heterocycles. The number of hydrogen-bond acceptors (Lipinski definition) is 4. The van der Waals surface area contributed by atoms with Crippen molar-refractivity contribution in [3.63, 3.8) is 0 Å². The zero-order chi connectivity index (χ0) is 14.5. The number of rotatable bonds is 2. The molecule has 3 rings (SSSR count). The molecule has 1 aromatic rings. The standard InChI is InChI=1S/C14H20BNO4/c1-13(2)14(3,4)20-15(19-13)12-10(9-7-18-8-9)5-6-11(17)16-12/h5-6,9H,7-8H2,1-4H3,(H,16,17). The summed E-state index contributed by atoms with van der Waals surface area (Å²) in [6.07, 6.45) is 0. The molecule has 0 unspecified atom stereocenters. The summed E-state index contributed by atoms with van der Waals surface area (Å²) in [4.78, 5) is 14.5. The van der Waals surface area contributed by atoms with E-state index in [1.807, 2.05) is 33.8 Å². The topological polar surface area (TPSA) is 60.6 Å². The van der Waals surface area contributed by atoms with Crippen molar-refractivity contribution >= 4 is 12.7 Å². The van der Waals surface area contributed by atoms with Crippen LogP contribution < -0.4 is 11.2 Å². The van der Waals surface area contributed by atoms with Crippen molar-refractivity contribution in [1.82, 2.24) is 4.98 Å². The average molecular weight is 277 g/mol. The average Bonchev–Trinajstić information content (AvgIpc) is 2.48. The first kappa shape index (κ1) is 13.9. The van der Waals surface area contributed by atoms with Crippen LogP contribution in [-0.4, -0.2) is 36.5 Å². The van der Waals surface area contributed by atoms with Gasteiger partial charge in [-0.3, -0.25) is 4.79 Å². The van der Waals surface area contributed by atoms with E-state index >= 15 is 0 Å². The SMILES string of the molecule is CC1(C)OB(c2[nH]c(=O)ccc2C2COC2)OC1(C)C. The van der Waals surface area contributed by atoms with Gasteiger partial charge in [0.25, 0.3) is 0 Å². The van der Waals surface area contributed by atoms with Gasteiger partial charge < -0.3 is 19.0 Å². The van der Waals surface area contributed by atoms with E-state index in [1.165, 1.54) is 0 Å². The van der Waals surface area contributed by atoms with Crippen molar-refractivity contribution in [2.45, 2.75) is 44.8 Å². The molecule has 2 aliphatic heterocycles. The number of H-pyrrole nitrogens is 1. The lowest BCUT2D eigenvalue weighted by Crippen LogP contribution is -2.44. The van der Waals surface area contributed by atoms with E-state index < -0.39 is 18.3 Å². The Balaban J connectivity index is 1.98. The van der Waals surface area contributed by atoms with Crippen LogP contribution in [0.2, 0.25) is 0 Å². The Morgan fingerprint density at radius 2 is 1.75 bits per heavy atom. The number of aromatic nitrogens is 1. The van der Waals surface area contributed by atoms with Crippen LogP contribution in [-0.2, 0) is 14.0 Å². The summed E-state index contributed by atoms with van der Waals surface area (Å²) in [5.41, 5.74) is 0.799. The number of hydrogen-bond donors (Lipinski definition) is 1. The largest absolute Gasteiger partial charge is 0.512 e. The Morgan fingerprint density at radius 1 is 1.15 bits per heavy atom. The van der Waals surface area contributed by atoms with Gasteiger partial charge in [0.2, 0.25) is 5.56 Å². The summed E-state index contributed by atoms with van der Waals surface area (Å²) >= 11 is 0. The molecule has 0 atom stereocenters. The van der Waals surface area contributed by atoms with E-state index in [-0.39, 0.29) is 5.56 Å². The summed E-state index contributed by atoms with van der Waals surface area (Å²) in [7, 11) is -0.538. The van der Waals surface area contributed by atoms with Gasteiger partial charge in [-0.05, 0) is 33.3 Å². The minimum absolute atomic E-state index is 0.140. The van der Waals surface area contributed by atoms with Crippen LogP contribution in [0, 0.1) is 0 Å². The molecule has 2 saturated heterocycles. The number of ether oxygens (including phenoxy) is 1. The van der Waals surface area contributed by atoms with Gasteiger partial charge in [-0.15, -0.1) is 0 Å². The van der Waals surface area contributed by atoms with Crippen molar-refractivity contribution in [2.75, 3.05) is 13.2 Å². The third-order valence-electron chi connectivity index (χ3n) is 4.55. The molecule has 5 nitrogen and oxygen atoms in total. The van der Waals surface area contributed by atoms with Crippen LogP contribution in [0.5, 0.6) is 0 Å². The molecule has 2 fully saturated rings. The van der Waals surface area contributed by atoms with E-state index in [0.29, 0.717) is 19.1 Å². The van der Waals surface area contributed by atoms with Crippen molar-refractivity contribution in [2.24, 2.45) is 0 Å². The number of nitrogens with one attached hydrogen (secondary N) is 1. The molecule has 3 heterocycles. The third-order valence-corrected chi connectivity index (χ3v) is 4.55. The maximum absolute atomic E-state index is 11.7. The lowest BCUT2D eigenvalue weighted by atomic mass is 9.77. The van der Waals surface area contributed by atoms with Crippen molar-refractivity contribution in [3.8, 4) is 0 Å². The Hall–Kier alpha value is -1.11. The number of aromatic amines is 1. The van der Waals surface area contributed by atoms with Gasteiger partial charge in [0.1, 0.15) is 0 Å². The van der Waals surface area contributed by atoms with Gasteiger partial charge in [-0.1, -0.05) is 6.07 Å². The Kier molecular flexibility index (Phi) is 3.08. The van der Waals surface area contributed by atoms with Gasteiger partial charge in [0, 0.05) is 12.0 Å². The van der Waals surface area contributed by atoms with Crippen molar-refractivity contribution < 1.29 is 14.0 Å². The van der Waals surface area contributed by atoms with E-state index in [4.69, 9.17) is 14.0 Å². The fourth-order valence-electron chi connectivity index (χ4n) is 2.43. The highest BCUT2D eigenvalue weighted by molar-refractivity contribution is 6.61. The molecule has 108 valence electrons. The predicted molar refractivity (Wildman–Crippen MR) is 76.3 cm³/mol. The minimum atomic E-state index is -0.538. The number of pyridine rings is 1. The molecule has 0 amide bonds. The molecule has 2 aliphatic rings. The fraction of sp³-hybridized carbons (Fsp3) is 0.643. The molecule has 0 aliphatic carbocycles. The normalized spacial score (nSPS) is 24.7. The van der Waals surface area contributed by atoms with E-state index in [9.17, 15) is 4.79 Å². The first-order valence-electron chi connectivity index (χ1n) is 6.97. The second-order valence-electron chi connectivity index (χ2n) is 6.51. The Morgan fingerprint density at radius 3 is 2.25 bits per heavy atom. The molecule has 1 N–H and O–H groups in total. The smallest absolute Gasteiger partial charge is 0.398 e. The van der Waals surface area contributed by atoms with E-state index in [1.54, 1.807) is 6.07 Å². The second kappa shape index (κ2) is 4.45. The van der Waals surface area contributed by atoms with Crippen molar-refractivity contribution in [3.05, 3.63) is 28.0 Å². The van der Waals surface area contributed by atoms with E-state index in [2.05, 4.69) is 4.98 Å². The Labute approximate surface area is 118 Å². The van der Waals surface area contributed by atoms with Gasteiger partial charge in [0.05, 0.1) is 30.0 Å². The highest BCUT2D eigenvalue weighted by Crippen LogP contribution is 2.37. The monoisotopic (exact) mass is 277 g/mol. The maximum Gasteiger partial charge on any atom is 0.512 e. The van der Waals surface area contributed by atoms with Crippen LogP contribution in [0.4, 0.5) is 0 Å². The third kappa shape index (κ3) is 2.12. The fourth-order valence-corrected chi connectivity index (χ4v) is 2.43. The van der Waals surface area contributed by atoms with Crippen LogP contribution in [0.1, 0.15) is 39.2 Å². The van der Waals surface area contributed by atoms with Gasteiger partial charge in [-0.2, -0.15) is 0 Å². The molecular formula is C14H20BNO4. The van der Waals surface area contributed by atoms with Gasteiger partial charge in [0.15, 0.2) is 0 Å². The second-order valence-corrected chi connectivity index (χ2v) is 6.51.